The van der Waals surface area contributed by atoms with E-state index in [1.54, 1.807) is 6.08 Å². The van der Waals surface area contributed by atoms with Crippen LogP contribution in [-0.4, -0.2) is 5.78 Å². The molecule has 0 saturated heterocycles. The molecular formula is C18H14OS. The van der Waals surface area contributed by atoms with E-state index < -0.39 is 0 Å². The van der Waals surface area contributed by atoms with Crippen LogP contribution in [0.25, 0.3) is 0 Å². The van der Waals surface area contributed by atoms with E-state index in [0.717, 1.165) is 6.42 Å². The summed E-state index contributed by atoms with van der Waals surface area (Å²) in [6.07, 6.45) is 5.39. The van der Waals surface area contributed by atoms with Gasteiger partial charge in [0, 0.05) is 21.6 Å². The summed E-state index contributed by atoms with van der Waals surface area (Å²) in [7, 11) is 0. The molecule has 0 aromatic heterocycles. The number of carbonyl (C=O) groups is 1. The summed E-state index contributed by atoms with van der Waals surface area (Å²) in [4.78, 5) is 14.2. The second-order valence-corrected chi connectivity index (χ2v) is 6.45. The van der Waals surface area contributed by atoms with Crippen molar-refractivity contribution < 1.29 is 4.79 Å². The molecule has 1 spiro atoms. The summed E-state index contributed by atoms with van der Waals surface area (Å²) in [6.45, 7) is 0. The van der Waals surface area contributed by atoms with Crippen LogP contribution in [0.4, 0.5) is 0 Å². The van der Waals surface area contributed by atoms with Gasteiger partial charge in [0.1, 0.15) is 0 Å². The van der Waals surface area contributed by atoms with Crippen LogP contribution >= 0.6 is 11.8 Å². The monoisotopic (exact) mass is 278 g/mol. The van der Waals surface area contributed by atoms with Gasteiger partial charge in [0.05, 0.1) is 0 Å². The van der Waals surface area contributed by atoms with E-state index in [-0.39, 0.29) is 11.2 Å². The summed E-state index contributed by atoms with van der Waals surface area (Å²) in [5, 5.41) is 0. The minimum absolute atomic E-state index is 0.119. The van der Waals surface area contributed by atoms with Crippen LogP contribution in [0.1, 0.15) is 24.0 Å². The quantitative estimate of drug-likeness (QED) is 0.712. The number of fused-ring (bicyclic) bond motifs is 4. The second-order valence-electron chi connectivity index (χ2n) is 5.37. The minimum Gasteiger partial charge on any atom is -0.295 e. The second kappa shape index (κ2) is 4.35. The van der Waals surface area contributed by atoms with Crippen molar-refractivity contribution in [3.05, 3.63) is 71.8 Å². The van der Waals surface area contributed by atoms with Gasteiger partial charge in [-0.2, -0.15) is 0 Å². The number of hydrogen-bond acceptors (Lipinski definition) is 2. The van der Waals surface area contributed by atoms with Gasteiger partial charge in [-0.15, -0.1) is 0 Å². The fraction of sp³-hybridized carbons (Fsp3) is 0.167. The molecule has 0 fully saturated rings. The van der Waals surface area contributed by atoms with Crippen molar-refractivity contribution in [2.75, 3.05) is 0 Å². The van der Waals surface area contributed by atoms with E-state index >= 15 is 0 Å². The molecule has 0 amide bonds. The lowest BCUT2D eigenvalue weighted by Crippen LogP contribution is -2.32. The highest BCUT2D eigenvalue weighted by molar-refractivity contribution is 7.99. The zero-order chi connectivity index (χ0) is 13.6. The van der Waals surface area contributed by atoms with Crippen molar-refractivity contribution in [3.8, 4) is 0 Å². The average Bonchev–Trinajstić information content (AvgIpc) is 2.50. The largest absolute Gasteiger partial charge is 0.295 e. The molecule has 20 heavy (non-hydrogen) atoms. The van der Waals surface area contributed by atoms with Crippen molar-refractivity contribution in [1.82, 2.24) is 0 Å². The van der Waals surface area contributed by atoms with Gasteiger partial charge in [-0.3, -0.25) is 4.79 Å². The molecule has 4 rings (SSSR count). The molecule has 2 aromatic rings. The lowest BCUT2D eigenvalue weighted by atomic mass is 9.68. The zero-order valence-corrected chi connectivity index (χ0v) is 11.8. The number of rotatable bonds is 0. The number of carbonyl (C=O) groups excluding carboxylic acids is 1. The maximum atomic E-state index is 11.6. The van der Waals surface area contributed by atoms with Gasteiger partial charge in [-0.05, 0) is 35.8 Å². The summed E-state index contributed by atoms with van der Waals surface area (Å²) < 4.78 is 0. The van der Waals surface area contributed by atoms with E-state index in [1.807, 2.05) is 11.8 Å². The van der Waals surface area contributed by atoms with Gasteiger partial charge >= 0.3 is 0 Å². The fourth-order valence-corrected chi connectivity index (χ4v) is 4.53. The Balaban J connectivity index is 2.02. The first-order chi connectivity index (χ1) is 9.79. The molecule has 0 unspecified atom stereocenters. The lowest BCUT2D eigenvalue weighted by molar-refractivity contribution is -0.115. The number of hydrogen-bond donors (Lipinski definition) is 0. The molecule has 98 valence electrons. The molecule has 2 aliphatic rings. The Bertz CT molecular complexity index is 684. The van der Waals surface area contributed by atoms with Crippen LogP contribution in [0.2, 0.25) is 0 Å². The zero-order valence-electron chi connectivity index (χ0n) is 11.0. The molecule has 2 heteroatoms. The summed E-state index contributed by atoms with van der Waals surface area (Å²) in [5.74, 6) is 0.240. The van der Waals surface area contributed by atoms with Gasteiger partial charge < -0.3 is 0 Å². The van der Waals surface area contributed by atoms with Gasteiger partial charge in [0.2, 0.25) is 0 Å². The highest BCUT2D eigenvalue weighted by Gasteiger charge is 2.40. The van der Waals surface area contributed by atoms with Crippen LogP contribution in [0.5, 0.6) is 0 Å². The lowest BCUT2D eigenvalue weighted by Gasteiger charge is -2.39. The summed E-state index contributed by atoms with van der Waals surface area (Å²) in [6, 6.07) is 17.1. The van der Waals surface area contributed by atoms with E-state index in [9.17, 15) is 4.79 Å². The molecular weight excluding hydrogens is 264 g/mol. The molecule has 1 aliphatic heterocycles. The van der Waals surface area contributed by atoms with Crippen molar-refractivity contribution in [2.45, 2.75) is 28.0 Å². The predicted octanol–water partition coefficient (Wildman–Crippen LogP) is 4.36. The van der Waals surface area contributed by atoms with Crippen molar-refractivity contribution in [2.24, 2.45) is 0 Å². The van der Waals surface area contributed by atoms with Crippen LogP contribution in [-0.2, 0) is 10.2 Å². The van der Waals surface area contributed by atoms with Crippen molar-refractivity contribution >= 4 is 17.5 Å². The molecule has 2 aromatic carbocycles. The Hall–Kier alpha value is -1.80. The van der Waals surface area contributed by atoms with E-state index in [0.29, 0.717) is 6.42 Å². The highest BCUT2D eigenvalue weighted by Crippen LogP contribution is 2.52. The highest BCUT2D eigenvalue weighted by atomic mass is 32.2. The predicted molar refractivity (Wildman–Crippen MR) is 81.2 cm³/mol. The first kappa shape index (κ1) is 12.0. The molecule has 1 heterocycles. The average molecular weight is 278 g/mol. The Morgan fingerprint density at radius 3 is 2.05 bits per heavy atom. The standard InChI is InChI=1S/C18H14OS/c19-13-9-11-18(12-10-13)14-5-1-3-7-16(14)20-17-8-4-2-6-15(17)18/h1-9,11H,10,12H2. The SMILES string of the molecule is O=C1C=CC2(CC1)c1ccccc1Sc1ccccc12. The van der Waals surface area contributed by atoms with Crippen molar-refractivity contribution in [1.29, 1.82) is 0 Å². The molecule has 1 nitrogen and oxygen atoms in total. The van der Waals surface area contributed by atoms with Gasteiger partial charge in [-0.25, -0.2) is 0 Å². The molecule has 0 atom stereocenters. The number of allylic oxidation sites excluding steroid dienone is 2. The first-order valence-electron chi connectivity index (χ1n) is 6.88. The van der Waals surface area contributed by atoms with E-state index in [1.165, 1.54) is 20.9 Å². The Morgan fingerprint density at radius 1 is 0.900 bits per heavy atom. The van der Waals surface area contributed by atoms with Crippen LogP contribution in [0.15, 0.2) is 70.5 Å². The Labute approximate surface area is 122 Å². The Morgan fingerprint density at radius 2 is 1.50 bits per heavy atom. The Kier molecular flexibility index (Phi) is 2.61. The van der Waals surface area contributed by atoms with E-state index in [4.69, 9.17) is 0 Å². The smallest absolute Gasteiger partial charge is 0.155 e. The number of ketones is 1. The van der Waals surface area contributed by atoms with Gasteiger partial charge in [0.25, 0.3) is 0 Å². The fourth-order valence-electron chi connectivity index (χ4n) is 3.28. The maximum Gasteiger partial charge on any atom is 0.155 e. The molecule has 0 N–H and O–H groups in total. The minimum atomic E-state index is -0.119. The normalized spacial score (nSPS) is 18.7. The van der Waals surface area contributed by atoms with Crippen LogP contribution in [0, 0.1) is 0 Å². The van der Waals surface area contributed by atoms with E-state index in [2.05, 4.69) is 54.6 Å². The third-order valence-corrected chi connectivity index (χ3v) is 5.43. The molecule has 1 aliphatic carbocycles. The summed E-state index contributed by atoms with van der Waals surface area (Å²) >= 11 is 1.83. The number of benzene rings is 2. The molecule has 0 radical (unpaired) electrons. The third kappa shape index (κ3) is 1.61. The molecule has 0 saturated carbocycles. The van der Waals surface area contributed by atoms with Crippen LogP contribution in [0.3, 0.4) is 0 Å². The van der Waals surface area contributed by atoms with Gasteiger partial charge in [-0.1, -0.05) is 54.2 Å². The maximum absolute atomic E-state index is 11.6. The van der Waals surface area contributed by atoms with Gasteiger partial charge in [0.15, 0.2) is 5.78 Å². The summed E-state index contributed by atoms with van der Waals surface area (Å²) in [5.41, 5.74) is 2.56. The van der Waals surface area contributed by atoms with Crippen LogP contribution < -0.4 is 0 Å². The first-order valence-corrected chi connectivity index (χ1v) is 7.70. The third-order valence-electron chi connectivity index (χ3n) is 4.27. The topological polar surface area (TPSA) is 17.1 Å². The molecule has 0 bridgehead atoms. The van der Waals surface area contributed by atoms with Crippen molar-refractivity contribution in [3.63, 3.8) is 0 Å².